The van der Waals surface area contributed by atoms with E-state index in [4.69, 9.17) is 4.74 Å². The summed E-state index contributed by atoms with van der Waals surface area (Å²) in [7, 11) is 0. The Morgan fingerprint density at radius 2 is 2.44 bits per heavy atom. The van der Waals surface area contributed by atoms with Gasteiger partial charge in [0.1, 0.15) is 0 Å². The molecule has 2 rings (SSSR count). The molecule has 0 aromatic carbocycles. The van der Waals surface area contributed by atoms with E-state index in [1.165, 1.54) is 4.88 Å². The molecule has 0 radical (unpaired) electrons. The summed E-state index contributed by atoms with van der Waals surface area (Å²) < 4.78 is 5.79. The summed E-state index contributed by atoms with van der Waals surface area (Å²) in [5, 5.41) is 5.09. The smallest absolute Gasteiger partial charge is 0.234 e. The summed E-state index contributed by atoms with van der Waals surface area (Å²) in [5.74, 6) is 0.695. The van der Waals surface area contributed by atoms with E-state index < -0.39 is 0 Å². The van der Waals surface area contributed by atoms with Gasteiger partial charge in [-0.25, -0.2) is 0 Å². The first-order chi connectivity index (χ1) is 12.1. The van der Waals surface area contributed by atoms with Gasteiger partial charge in [0, 0.05) is 44.1 Å². The first-order valence-electron chi connectivity index (χ1n) is 9.03. The molecule has 1 N–H and O–H groups in total. The van der Waals surface area contributed by atoms with Gasteiger partial charge in [0.25, 0.3) is 0 Å². The van der Waals surface area contributed by atoms with Gasteiger partial charge in [0.2, 0.25) is 5.91 Å². The number of thiophene rings is 1. The average molecular weight is 366 g/mol. The highest BCUT2D eigenvalue weighted by molar-refractivity contribution is 7.09. The number of carbonyl (C=O) groups excluding carboxylic acids is 1. The van der Waals surface area contributed by atoms with Crippen molar-refractivity contribution >= 4 is 17.2 Å². The number of ether oxygens (including phenoxy) is 1. The van der Waals surface area contributed by atoms with E-state index in [2.05, 4.69) is 47.0 Å². The Morgan fingerprint density at radius 1 is 1.60 bits per heavy atom. The molecule has 1 aromatic rings. The fraction of sp³-hybridized carbons (Fsp3) is 0.632. The van der Waals surface area contributed by atoms with Gasteiger partial charge < -0.3 is 10.1 Å². The van der Waals surface area contributed by atoms with E-state index in [1.54, 1.807) is 11.3 Å². The Morgan fingerprint density at radius 3 is 3.12 bits per heavy atom. The van der Waals surface area contributed by atoms with Crippen LogP contribution in [0.3, 0.4) is 0 Å². The third kappa shape index (κ3) is 7.69. The van der Waals surface area contributed by atoms with Gasteiger partial charge in [-0.3, -0.25) is 14.6 Å². The molecule has 140 valence electrons. The van der Waals surface area contributed by atoms with Crippen LogP contribution < -0.4 is 5.32 Å². The van der Waals surface area contributed by atoms with Crippen LogP contribution in [0.25, 0.3) is 0 Å². The summed E-state index contributed by atoms with van der Waals surface area (Å²) in [6.07, 6.45) is 1.93. The molecule has 25 heavy (non-hydrogen) atoms. The summed E-state index contributed by atoms with van der Waals surface area (Å²) in [4.78, 5) is 18.1. The molecule has 1 amide bonds. The SMILES string of the molecule is C=CCN(CC(=O)NCC1CN(CC(C)C)CCO1)Cc1cccs1. The average Bonchev–Trinajstić information content (AvgIpc) is 3.06. The molecule has 1 aromatic heterocycles. The zero-order valence-electron chi connectivity index (χ0n) is 15.4. The van der Waals surface area contributed by atoms with Crippen molar-refractivity contribution in [3.8, 4) is 0 Å². The number of hydrogen-bond donors (Lipinski definition) is 1. The zero-order valence-corrected chi connectivity index (χ0v) is 16.3. The van der Waals surface area contributed by atoms with Crippen LogP contribution in [0.5, 0.6) is 0 Å². The fourth-order valence-electron chi connectivity index (χ4n) is 3.06. The number of carbonyl (C=O) groups is 1. The minimum absolute atomic E-state index is 0.0444. The number of amides is 1. The minimum atomic E-state index is 0.0444. The van der Waals surface area contributed by atoms with Crippen LogP contribution >= 0.6 is 11.3 Å². The number of rotatable bonds is 10. The predicted octanol–water partition coefficient (Wildman–Crippen LogP) is 2.21. The third-order valence-electron chi connectivity index (χ3n) is 4.09. The third-order valence-corrected chi connectivity index (χ3v) is 4.95. The van der Waals surface area contributed by atoms with Gasteiger partial charge in [-0.2, -0.15) is 0 Å². The Bertz CT molecular complexity index is 519. The highest BCUT2D eigenvalue weighted by Crippen LogP contribution is 2.12. The molecule has 0 bridgehead atoms. The summed E-state index contributed by atoms with van der Waals surface area (Å²) in [6.45, 7) is 14.4. The fourth-order valence-corrected chi connectivity index (χ4v) is 3.81. The minimum Gasteiger partial charge on any atom is -0.374 e. The molecular formula is C19H31N3O2S. The van der Waals surface area contributed by atoms with E-state index in [9.17, 15) is 4.79 Å². The van der Waals surface area contributed by atoms with Crippen LogP contribution in [0, 0.1) is 5.92 Å². The number of hydrogen-bond acceptors (Lipinski definition) is 5. The molecular weight excluding hydrogens is 334 g/mol. The summed E-state index contributed by atoms with van der Waals surface area (Å²) in [6, 6.07) is 4.13. The van der Waals surface area contributed by atoms with Crippen LogP contribution in [0.15, 0.2) is 30.2 Å². The first-order valence-corrected chi connectivity index (χ1v) is 9.91. The maximum Gasteiger partial charge on any atom is 0.234 e. The maximum atomic E-state index is 12.3. The van der Waals surface area contributed by atoms with Gasteiger partial charge in [0.05, 0.1) is 19.3 Å². The second kappa shape index (κ2) is 10.7. The van der Waals surface area contributed by atoms with Crippen LogP contribution in [-0.4, -0.2) is 67.7 Å². The molecule has 1 aliphatic rings. The van der Waals surface area contributed by atoms with Crippen molar-refractivity contribution in [2.45, 2.75) is 26.5 Å². The van der Waals surface area contributed by atoms with Crippen molar-refractivity contribution < 1.29 is 9.53 Å². The molecule has 0 saturated carbocycles. The highest BCUT2D eigenvalue weighted by Gasteiger charge is 2.21. The van der Waals surface area contributed by atoms with Crippen molar-refractivity contribution in [3.05, 3.63) is 35.0 Å². The lowest BCUT2D eigenvalue weighted by atomic mass is 10.2. The van der Waals surface area contributed by atoms with Crippen LogP contribution in [0.4, 0.5) is 0 Å². The van der Waals surface area contributed by atoms with E-state index in [0.29, 0.717) is 25.6 Å². The quantitative estimate of drug-likeness (QED) is 0.646. The van der Waals surface area contributed by atoms with Crippen molar-refractivity contribution in [2.24, 2.45) is 5.92 Å². The van der Waals surface area contributed by atoms with E-state index in [0.717, 1.165) is 32.8 Å². The van der Waals surface area contributed by atoms with Gasteiger partial charge in [-0.1, -0.05) is 26.0 Å². The molecule has 1 saturated heterocycles. The molecule has 0 aliphatic carbocycles. The maximum absolute atomic E-state index is 12.3. The van der Waals surface area contributed by atoms with Gasteiger partial charge >= 0.3 is 0 Å². The van der Waals surface area contributed by atoms with Crippen molar-refractivity contribution in [3.63, 3.8) is 0 Å². The molecule has 5 nitrogen and oxygen atoms in total. The van der Waals surface area contributed by atoms with E-state index >= 15 is 0 Å². The summed E-state index contributed by atoms with van der Waals surface area (Å²) in [5.41, 5.74) is 0. The lowest BCUT2D eigenvalue weighted by molar-refractivity contribution is -0.123. The van der Waals surface area contributed by atoms with Gasteiger partial charge in [-0.15, -0.1) is 17.9 Å². The van der Waals surface area contributed by atoms with Crippen LogP contribution in [0.2, 0.25) is 0 Å². The second-order valence-electron chi connectivity index (χ2n) is 6.99. The molecule has 1 atom stereocenters. The number of nitrogens with zero attached hydrogens (tertiary/aromatic N) is 2. The topological polar surface area (TPSA) is 44.8 Å². The molecule has 1 unspecified atom stereocenters. The van der Waals surface area contributed by atoms with E-state index in [-0.39, 0.29) is 12.0 Å². The second-order valence-corrected chi connectivity index (χ2v) is 8.02. The Balaban J connectivity index is 1.73. The number of morpholine rings is 1. The normalized spacial score (nSPS) is 18.6. The van der Waals surface area contributed by atoms with E-state index in [1.807, 2.05) is 12.1 Å². The van der Waals surface area contributed by atoms with Gasteiger partial charge in [0.15, 0.2) is 0 Å². The zero-order chi connectivity index (χ0) is 18.1. The predicted molar refractivity (Wildman–Crippen MR) is 104 cm³/mol. The molecule has 2 heterocycles. The van der Waals surface area contributed by atoms with Crippen LogP contribution in [0.1, 0.15) is 18.7 Å². The van der Waals surface area contributed by atoms with Crippen LogP contribution in [-0.2, 0) is 16.1 Å². The lowest BCUT2D eigenvalue weighted by Crippen LogP contribution is -2.49. The van der Waals surface area contributed by atoms with Crippen molar-refractivity contribution in [2.75, 3.05) is 45.9 Å². The van der Waals surface area contributed by atoms with Crippen molar-refractivity contribution in [1.82, 2.24) is 15.1 Å². The Hall–Kier alpha value is -1.21. The lowest BCUT2D eigenvalue weighted by Gasteiger charge is -2.34. The summed E-state index contributed by atoms with van der Waals surface area (Å²) >= 11 is 1.71. The Labute approximate surface area is 155 Å². The van der Waals surface area contributed by atoms with Gasteiger partial charge in [-0.05, 0) is 17.4 Å². The standard InChI is InChI=1S/C19H31N3O2S/c1-4-7-21(14-18-6-5-10-25-18)15-19(23)20-11-17-13-22(8-9-24-17)12-16(2)3/h4-6,10,16-17H,1,7-9,11-15H2,2-3H3,(H,20,23). The molecule has 1 fully saturated rings. The molecule has 6 heteroatoms. The largest absolute Gasteiger partial charge is 0.374 e. The first kappa shape index (κ1) is 20.1. The monoisotopic (exact) mass is 365 g/mol. The number of nitrogens with one attached hydrogen (secondary N) is 1. The van der Waals surface area contributed by atoms with Crippen molar-refractivity contribution in [1.29, 1.82) is 0 Å². The molecule has 1 aliphatic heterocycles. The Kier molecular flexibility index (Phi) is 8.61. The highest BCUT2D eigenvalue weighted by atomic mass is 32.1. The molecule has 0 spiro atoms.